The van der Waals surface area contributed by atoms with E-state index < -0.39 is 5.91 Å². The first kappa shape index (κ1) is 14.8. The van der Waals surface area contributed by atoms with Crippen LogP contribution in [0.1, 0.15) is 28.8 Å². The lowest BCUT2D eigenvalue weighted by Crippen LogP contribution is -2.44. The standard InChI is InChI=1S/C15H24N4O/c1-18(2)13-4-3-7-19(10-13)9-12-6-5-11(15(17)20)8-14(12)16/h5-6,8,13H,3-4,7,9-10,16H2,1-2H3,(H2,17,20). The van der Waals surface area contributed by atoms with Crippen molar-refractivity contribution in [2.45, 2.75) is 25.4 Å². The maximum Gasteiger partial charge on any atom is 0.248 e. The second kappa shape index (κ2) is 6.24. The van der Waals surface area contributed by atoms with E-state index in [4.69, 9.17) is 11.5 Å². The molecule has 1 aromatic carbocycles. The van der Waals surface area contributed by atoms with Crippen molar-refractivity contribution in [3.63, 3.8) is 0 Å². The van der Waals surface area contributed by atoms with E-state index in [-0.39, 0.29) is 0 Å². The maximum absolute atomic E-state index is 11.1. The summed E-state index contributed by atoms with van der Waals surface area (Å²) in [5.74, 6) is -0.436. The Morgan fingerprint density at radius 2 is 2.20 bits per heavy atom. The Labute approximate surface area is 120 Å². The van der Waals surface area contributed by atoms with Gasteiger partial charge < -0.3 is 16.4 Å². The third-order valence-electron chi connectivity index (χ3n) is 4.04. The molecule has 1 aliphatic heterocycles. The van der Waals surface area contributed by atoms with Crippen molar-refractivity contribution >= 4 is 11.6 Å². The summed E-state index contributed by atoms with van der Waals surface area (Å²) in [6.07, 6.45) is 2.46. The molecule has 1 unspecified atom stereocenters. The summed E-state index contributed by atoms with van der Waals surface area (Å²) in [6, 6.07) is 5.94. The topological polar surface area (TPSA) is 75.6 Å². The molecular formula is C15H24N4O. The molecule has 0 spiro atoms. The highest BCUT2D eigenvalue weighted by Gasteiger charge is 2.21. The number of likely N-dealkylation sites (N-methyl/N-ethyl adjacent to an activating group) is 1. The smallest absolute Gasteiger partial charge is 0.248 e. The van der Waals surface area contributed by atoms with Crippen LogP contribution < -0.4 is 11.5 Å². The van der Waals surface area contributed by atoms with Gasteiger partial charge >= 0.3 is 0 Å². The van der Waals surface area contributed by atoms with E-state index in [1.807, 2.05) is 6.07 Å². The molecule has 1 aromatic rings. The molecule has 1 heterocycles. The molecule has 1 atom stereocenters. The number of primary amides is 1. The highest BCUT2D eigenvalue weighted by Crippen LogP contribution is 2.20. The fourth-order valence-corrected chi connectivity index (χ4v) is 2.73. The first-order chi connectivity index (χ1) is 9.47. The molecule has 110 valence electrons. The predicted octanol–water partition coefficient (Wildman–Crippen LogP) is 0.894. The minimum absolute atomic E-state index is 0.436. The third-order valence-corrected chi connectivity index (χ3v) is 4.04. The Morgan fingerprint density at radius 1 is 1.45 bits per heavy atom. The summed E-state index contributed by atoms with van der Waals surface area (Å²) in [4.78, 5) is 15.8. The summed E-state index contributed by atoms with van der Waals surface area (Å²) in [7, 11) is 4.26. The summed E-state index contributed by atoms with van der Waals surface area (Å²) in [5.41, 5.74) is 13.5. The first-order valence-corrected chi connectivity index (χ1v) is 7.04. The zero-order chi connectivity index (χ0) is 14.7. The molecule has 5 heteroatoms. The van der Waals surface area contributed by atoms with Gasteiger partial charge in [-0.2, -0.15) is 0 Å². The van der Waals surface area contributed by atoms with Crippen LogP contribution >= 0.6 is 0 Å². The monoisotopic (exact) mass is 276 g/mol. The molecule has 20 heavy (non-hydrogen) atoms. The number of hydrogen-bond acceptors (Lipinski definition) is 4. The van der Waals surface area contributed by atoms with Crippen LogP contribution in [0.5, 0.6) is 0 Å². The van der Waals surface area contributed by atoms with E-state index in [2.05, 4.69) is 23.9 Å². The number of anilines is 1. The molecule has 5 nitrogen and oxygen atoms in total. The predicted molar refractivity (Wildman–Crippen MR) is 81.4 cm³/mol. The second-order valence-electron chi connectivity index (χ2n) is 5.77. The van der Waals surface area contributed by atoms with Crippen LogP contribution in [0.25, 0.3) is 0 Å². The van der Waals surface area contributed by atoms with Gasteiger partial charge in [0.25, 0.3) is 0 Å². The van der Waals surface area contributed by atoms with Crippen molar-refractivity contribution in [3.8, 4) is 0 Å². The van der Waals surface area contributed by atoms with Gasteiger partial charge in [0.15, 0.2) is 0 Å². The van der Waals surface area contributed by atoms with Crippen molar-refractivity contribution in [1.29, 1.82) is 0 Å². The van der Waals surface area contributed by atoms with Crippen LogP contribution in [0, 0.1) is 0 Å². The fraction of sp³-hybridized carbons (Fsp3) is 0.533. The first-order valence-electron chi connectivity index (χ1n) is 7.04. The Bertz CT molecular complexity index is 487. The number of nitrogens with zero attached hydrogens (tertiary/aromatic N) is 2. The SMILES string of the molecule is CN(C)C1CCCN(Cc2ccc(C(N)=O)cc2N)C1. The van der Waals surface area contributed by atoms with E-state index in [1.165, 1.54) is 12.8 Å². The van der Waals surface area contributed by atoms with E-state index in [0.717, 1.165) is 25.2 Å². The lowest BCUT2D eigenvalue weighted by molar-refractivity contribution is 0.100. The van der Waals surface area contributed by atoms with Crippen LogP contribution in [-0.2, 0) is 6.54 Å². The molecule has 0 radical (unpaired) electrons. The number of hydrogen-bond donors (Lipinski definition) is 2. The second-order valence-corrected chi connectivity index (χ2v) is 5.77. The molecule has 0 aliphatic carbocycles. The highest BCUT2D eigenvalue weighted by molar-refractivity contribution is 5.93. The number of nitrogen functional groups attached to an aromatic ring is 1. The van der Waals surface area contributed by atoms with E-state index >= 15 is 0 Å². The van der Waals surface area contributed by atoms with Crippen molar-refractivity contribution in [3.05, 3.63) is 29.3 Å². The molecule has 1 amide bonds. The minimum atomic E-state index is -0.436. The fourth-order valence-electron chi connectivity index (χ4n) is 2.73. The van der Waals surface area contributed by atoms with Crippen LogP contribution in [0.15, 0.2) is 18.2 Å². The van der Waals surface area contributed by atoms with Gasteiger partial charge in [0.2, 0.25) is 5.91 Å². The summed E-state index contributed by atoms with van der Waals surface area (Å²) < 4.78 is 0. The molecule has 0 aromatic heterocycles. The molecule has 4 N–H and O–H groups in total. The van der Waals surface area contributed by atoms with Crippen LogP contribution in [0.3, 0.4) is 0 Å². The van der Waals surface area contributed by atoms with Crippen LogP contribution in [-0.4, -0.2) is 48.9 Å². The lowest BCUT2D eigenvalue weighted by Gasteiger charge is -2.36. The van der Waals surface area contributed by atoms with Gasteiger partial charge in [0.1, 0.15) is 0 Å². The van der Waals surface area contributed by atoms with Gasteiger partial charge in [-0.15, -0.1) is 0 Å². The normalized spacial score (nSPS) is 20.2. The number of nitrogens with two attached hydrogens (primary N) is 2. The lowest BCUT2D eigenvalue weighted by atomic mass is 10.0. The molecule has 0 saturated carbocycles. The summed E-state index contributed by atoms with van der Waals surface area (Å²) in [5, 5.41) is 0. The van der Waals surface area contributed by atoms with Gasteiger partial charge in [-0.1, -0.05) is 6.07 Å². The Hall–Kier alpha value is -1.59. The van der Waals surface area contributed by atoms with Crippen molar-refractivity contribution in [2.75, 3.05) is 32.9 Å². The average molecular weight is 276 g/mol. The van der Waals surface area contributed by atoms with Gasteiger partial charge in [0, 0.05) is 30.4 Å². The van der Waals surface area contributed by atoms with Gasteiger partial charge in [0.05, 0.1) is 0 Å². The van der Waals surface area contributed by atoms with E-state index in [9.17, 15) is 4.79 Å². The summed E-state index contributed by atoms with van der Waals surface area (Å²) >= 11 is 0. The number of carbonyl (C=O) groups is 1. The van der Waals surface area contributed by atoms with Gasteiger partial charge in [-0.3, -0.25) is 9.69 Å². The van der Waals surface area contributed by atoms with Gasteiger partial charge in [-0.05, 0) is 51.2 Å². The van der Waals surface area contributed by atoms with Crippen LogP contribution in [0.2, 0.25) is 0 Å². The molecular weight excluding hydrogens is 252 g/mol. The number of amides is 1. The van der Waals surface area contributed by atoms with Crippen molar-refractivity contribution in [1.82, 2.24) is 9.80 Å². The van der Waals surface area contributed by atoms with Crippen LogP contribution in [0.4, 0.5) is 5.69 Å². The average Bonchev–Trinajstić information content (AvgIpc) is 2.41. The zero-order valence-corrected chi connectivity index (χ0v) is 12.3. The number of rotatable bonds is 4. The van der Waals surface area contributed by atoms with Gasteiger partial charge in [-0.25, -0.2) is 0 Å². The molecule has 1 fully saturated rings. The highest BCUT2D eigenvalue weighted by atomic mass is 16.1. The third kappa shape index (κ3) is 3.49. The summed E-state index contributed by atoms with van der Waals surface area (Å²) in [6.45, 7) is 2.99. The molecule has 1 saturated heterocycles. The van der Waals surface area contributed by atoms with E-state index in [1.54, 1.807) is 12.1 Å². The molecule has 1 aliphatic rings. The zero-order valence-electron chi connectivity index (χ0n) is 12.3. The quantitative estimate of drug-likeness (QED) is 0.801. The Balaban J connectivity index is 2.04. The Kier molecular flexibility index (Phi) is 4.62. The molecule has 0 bridgehead atoms. The number of benzene rings is 1. The number of likely N-dealkylation sites (tertiary alicyclic amines) is 1. The van der Waals surface area contributed by atoms with Crippen molar-refractivity contribution < 1.29 is 4.79 Å². The maximum atomic E-state index is 11.1. The van der Waals surface area contributed by atoms with E-state index in [0.29, 0.717) is 17.3 Å². The van der Waals surface area contributed by atoms with Crippen molar-refractivity contribution in [2.24, 2.45) is 5.73 Å². The number of piperidine rings is 1. The number of carbonyl (C=O) groups excluding carboxylic acids is 1. The minimum Gasteiger partial charge on any atom is -0.398 e. The molecule has 2 rings (SSSR count). The largest absolute Gasteiger partial charge is 0.398 e. The Morgan fingerprint density at radius 3 is 2.80 bits per heavy atom.